The van der Waals surface area contributed by atoms with Crippen LogP contribution in [-0.2, 0) is 7.05 Å². The molecule has 0 aliphatic carbocycles. The average Bonchev–Trinajstić information content (AvgIpc) is 2.80. The SMILES string of the molecule is Cn1c(-c2cc(O)cc(O)c2)cnc1-c1ccc(O)cc1. The van der Waals surface area contributed by atoms with E-state index in [1.165, 1.54) is 6.07 Å². The van der Waals surface area contributed by atoms with Gasteiger partial charge in [0.1, 0.15) is 23.1 Å². The number of hydrogen-bond donors (Lipinski definition) is 3. The van der Waals surface area contributed by atoms with E-state index in [1.807, 2.05) is 11.6 Å². The molecule has 0 aliphatic rings. The van der Waals surface area contributed by atoms with Crippen molar-refractivity contribution in [2.45, 2.75) is 0 Å². The molecule has 3 rings (SSSR count). The Balaban J connectivity index is 2.08. The molecule has 0 fully saturated rings. The molecule has 0 saturated heterocycles. The van der Waals surface area contributed by atoms with Gasteiger partial charge in [-0.15, -0.1) is 0 Å². The second-order valence-electron chi connectivity index (χ2n) is 4.81. The van der Waals surface area contributed by atoms with Crippen molar-refractivity contribution < 1.29 is 15.3 Å². The maximum Gasteiger partial charge on any atom is 0.140 e. The first-order valence-corrected chi connectivity index (χ1v) is 6.39. The van der Waals surface area contributed by atoms with E-state index in [9.17, 15) is 15.3 Å². The van der Waals surface area contributed by atoms with Crippen LogP contribution in [0.1, 0.15) is 0 Å². The zero-order valence-electron chi connectivity index (χ0n) is 11.4. The molecular weight excluding hydrogens is 268 g/mol. The van der Waals surface area contributed by atoms with Gasteiger partial charge in [-0.25, -0.2) is 4.98 Å². The lowest BCUT2D eigenvalue weighted by molar-refractivity contribution is 0.451. The highest BCUT2D eigenvalue weighted by Crippen LogP contribution is 2.31. The fourth-order valence-electron chi connectivity index (χ4n) is 2.30. The Morgan fingerprint density at radius 1 is 0.810 bits per heavy atom. The molecule has 0 saturated carbocycles. The van der Waals surface area contributed by atoms with Crippen molar-refractivity contribution >= 4 is 0 Å². The monoisotopic (exact) mass is 282 g/mol. The maximum atomic E-state index is 9.58. The summed E-state index contributed by atoms with van der Waals surface area (Å²) in [6.45, 7) is 0. The number of aromatic hydroxyl groups is 3. The van der Waals surface area contributed by atoms with Gasteiger partial charge in [0.2, 0.25) is 0 Å². The molecular formula is C16H14N2O3. The molecule has 106 valence electrons. The van der Waals surface area contributed by atoms with Crippen LogP contribution in [0, 0.1) is 0 Å². The van der Waals surface area contributed by atoms with Gasteiger partial charge >= 0.3 is 0 Å². The minimum Gasteiger partial charge on any atom is -0.508 e. The molecule has 1 heterocycles. The molecule has 0 atom stereocenters. The summed E-state index contributed by atoms with van der Waals surface area (Å²) in [6, 6.07) is 11.2. The summed E-state index contributed by atoms with van der Waals surface area (Å²) in [5.74, 6) is 0.925. The normalized spacial score (nSPS) is 10.7. The Bertz CT molecular complexity index is 772. The molecule has 0 amide bonds. The summed E-state index contributed by atoms with van der Waals surface area (Å²) in [7, 11) is 1.85. The summed E-state index contributed by atoms with van der Waals surface area (Å²) >= 11 is 0. The Kier molecular flexibility index (Phi) is 3.02. The predicted molar refractivity (Wildman–Crippen MR) is 79.1 cm³/mol. The zero-order valence-corrected chi connectivity index (χ0v) is 11.4. The van der Waals surface area contributed by atoms with Crippen molar-refractivity contribution in [3.63, 3.8) is 0 Å². The average molecular weight is 282 g/mol. The highest BCUT2D eigenvalue weighted by atomic mass is 16.3. The molecule has 0 bridgehead atoms. The second kappa shape index (κ2) is 4.86. The van der Waals surface area contributed by atoms with Gasteiger partial charge in [0.05, 0.1) is 11.9 Å². The molecule has 0 unspecified atom stereocenters. The Labute approximate surface area is 121 Å². The first kappa shape index (κ1) is 13.1. The van der Waals surface area contributed by atoms with E-state index in [0.29, 0.717) is 5.56 Å². The number of phenolic OH excluding ortho intramolecular Hbond substituents is 3. The largest absolute Gasteiger partial charge is 0.508 e. The molecule has 0 radical (unpaired) electrons. The highest BCUT2D eigenvalue weighted by molar-refractivity contribution is 5.68. The van der Waals surface area contributed by atoms with Crippen LogP contribution in [0.3, 0.4) is 0 Å². The van der Waals surface area contributed by atoms with Gasteiger partial charge in [-0.2, -0.15) is 0 Å². The number of rotatable bonds is 2. The fraction of sp³-hybridized carbons (Fsp3) is 0.0625. The lowest BCUT2D eigenvalue weighted by Crippen LogP contribution is -1.95. The highest BCUT2D eigenvalue weighted by Gasteiger charge is 2.12. The van der Waals surface area contributed by atoms with E-state index in [4.69, 9.17) is 0 Å². The van der Waals surface area contributed by atoms with Crippen LogP contribution in [0.2, 0.25) is 0 Å². The topological polar surface area (TPSA) is 78.5 Å². The van der Waals surface area contributed by atoms with Crippen molar-refractivity contribution in [1.29, 1.82) is 0 Å². The van der Waals surface area contributed by atoms with Crippen molar-refractivity contribution in [3.8, 4) is 39.9 Å². The molecule has 3 N–H and O–H groups in total. The van der Waals surface area contributed by atoms with Crippen molar-refractivity contribution in [2.75, 3.05) is 0 Å². The van der Waals surface area contributed by atoms with Crippen molar-refractivity contribution in [3.05, 3.63) is 48.7 Å². The maximum absolute atomic E-state index is 9.58. The molecule has 0 aliphatic heterocycles. The fourth-order valence-corrected chi connectivity index (χ4v) is 2.30. The summed E-state index contributed by atoms with van der Waals surface area (Å²) in [5, 5.41) is 28.5. The first-order valence-electron chi connectivity index (χ1n) is 6.39. The van der Waals surface area contributed by atoms with Crippen LogP contribution in [-0.4, -0.2) is 24.9 Å². The van der Waals surface area contributed by atoms with E-state index < -0.39 is 0 Å². The lowest BCUT2D eigenvalue weighted by atomic mass is 10.1. The molecule has 21 heavy (non-hydrogen) atoms. The molecule has 0 spiro atoms. The van der Waals surface area contributed by atoms with E-state index in [0.717, 1.165) is 17.1 Å². The van der Waals surface area contributed by atoms with Crippen LogP contribution < -0.4 is 0 Å². The number of benzene rings is 2. The molecule has 5 nitrogen and oxygen atoms in total. The summed E-state index contributed by atoms with van der Waals surface area (Å²) in [6.07, 6.45) is 1.68. The van der Waals surface area contributed by atoms with Gasteiger partial charge in [0, 0.05) is 24.2 Å². The quantitative estimate of drug-likeness (QED) is 0.675. The second-order valence-corrected chi connectivity index (χ2v) is 4.81. The minimum atomic E-state index is -0.00242. The smallest absolute Gasteiger partial charge is 0.140 e. The molecule has 5 heteroatoms. The van der Waals surface area contributed by atoms with Gasteiger partial charge in [0.15, 0.2) is 0 Å². The van der Waals surface area contributed by atoms with Crippen LogP contribution in [0.5, 0.6) is 17.2 Å². The lowest BCUT2D eigenvalue weighted by Gasteiger charge is -2.07. The number of hydrogen-bond acceptors (Lipinski definition) is 4. The van der Waals surface area contributed by atoms with Crippen LogP contribution >= 0.6 is 0 Å². The van der Waals surface area contributed by atoms with Crippen LogP contribution in [0.25, 0.3) is 22.6 Å². The van der Waals surface area contributed by atoms with E-state index in [1.54, 1.807) is 42.6 Å². The standard InChI is InChI=1S/C16H14N2O3/c1-18-15(11-6-13(20)8-14(21)7-11)9-17-16(18)10-2-4-12(19)5-3-10/h2-9,19-21H,1H3. The van der Waals surface area contributed by atoms with Crippen molar-refractivity contribution in [1.82, 2.24) is 9.55 Å². The summed E-state index contributed by atoms with van der Waals surface area (Å²) < 4.78 is 1.86. The van der Waals surface area contributed by atoms with Gasteiger partial charge in [-0.3, -0.25) is 0 Å². The first-order chi connectivity index (χ1) is 10.0. The molecule has 2 aromatic carbocycles. The third-order valence-electron chi connectivity index (χ3n) is 3.31. The summed E-state index contributed by atoms with van der Waals surface area (Å²) in [4.78, 5) is 4.37. The van der Waals surface area contributed by atoms with Gasteiger partial charge in [-0.1, -0.05) is 0 Å². The zero-order chi connectivity index (χ0) is 15.0. The number of nitrogens with zero attached hydrogens (tertiary/aromatic N) is 2. The molecule has 3 aromatic rings. The van der Waals surface area contributed by atoms with Gasteiger partial charge < -0.3 is 19.9 Å². The minimum absolute atomic E-state index is 0.00242. The Morgan fingerprint density at radius 3 is 2.05 bits per heavy atom. The van der Waals surface area contributed by atoms with Gasteiger partial charge in [0.25, 0.3) is 0 Å². The predicted octanol–water partition coefficient (Wildman–Crippen LogP) is 2.87. The number of phenols is 3. The third kappa shape index (κ3) is 2.41. The van der Waals surface area contributed by atoms with Crippen LogP contribution in [0.15, 0.2) is 48.7 Å². The Morgan fingerprint density at radius 2 is 1.43 bits per heavy atom. The van der Waals surface area contributed by atoms with Crippen LogP contribution in [0.4, 0.5) is 0 Å². The van der Waals surface area contributed by atoms with Crippen molar-refractivity contribution in [2.24, 2.45) is 7.05 Å². The third-order valence-corrected chi connectivity index (χ3v) is 3.31. The van der Waals surface area contributed by atoms with E-state index >= 15 is 0 Å². The Hall–Kier alpha value is -2.95. The molecule has 1 aromatic heterocycles. The van der Waals surface area contributed by atoms with Gasteiger partial charge in [-0.05, 0) is 36.4 Å². The van der Waals surface area contributed by atoms with E-state index in [-0.39, 0.29) is 17.2 Å². The van der Waals surface area contributed by atoms with E-state index in [2.05, 4.69) is 4.98 Å². The number of imidazole rings is 1. The summed E-state index contributed by atoms with van der Waals surface area (Å²) in [5.41, 5.74) is 2.31. The number of aromatic nitrogens is 2.